The summed E-state index contributed by atoms with van der Waals surface area (Å²) in [6, 6.07) is 0. The maximum absolute atomic E-state index is 11.3. The monoisotopic (exact) mass is 198 g/mol. The molecular weight excluding hydrogens is 184 g/mol. The molecule has 14 heavy (non-hydrogen) atoms. The zero-order chi connectivity index (χ0) is 10.6. The zero-order valence-corrected chi connectivity index (χ0v) is 8.25. The molecule has 1 rings (SSSR count). The third kappa shape index (κ3) is 2.34. The van der Waals surface area contributed by atoms with E-state index in [0.29, 0.717) is 24.9 Å². The lowest BCUT2D eigenvalue weighted by molar-refractivity contribution is -0.215. The molecule has 4 heteroatoms. The highest BCUT2D eigenvalue weighted by atomic mass is 16.7. The van der Waals surface area contributed by atoms with Crippen molar-refractivity contribution in [2.45, 2.75) is 38.4 Å². The molecule has 0 aromatic rings. The first kappa shape index (κ1) is 10.8. The molecule has 0 radical (unpaired) electrons. The minimum atomic E-state index is -1.03. The van der Waals surface area contributed by atoms with E-state index >= 15 is 0 Å². The van der Waals surface area contributed by atoms with Crippen molar-refractivity contribution >= 4 is 12.4 Å². The van der Waals surface area contributed by atoms with Gasteiger partial charge in [0.25, 0.3) is 12.3 Å². The molecule has 0 bridgehead atoms. The Labute approximate surface area is 82.9 Å². The van der Waals surface area contributed by atoms with E-state index in [0.717, 1.165) is 12.8 Å². The van der Waals surface area contributed by atoms with E-state index in [1.807, 2.05) is 0 Å². The van der Waals surface area contributed by atoms with E-state index in [-0.39, 0.29) is 0 Å². The van der Waals surface area contributed by atoms with Crippen LogP contribution in [0, 0.1) is 0 Å². The SMILES string of the molecule is C=C(C)C(=O)OC1(OC=O)CCCC1. The molecule has 0 saturated heterocycles. The predicted molar refractivity (Wildman–Crippen MR) is 49.3 cm³/mol. The molecule has 1 aliphatic carbocycles. The van der Waals surface area contributed by atoms with Crippen molar-refractivity contribution in [3.05, 3.63) is 12.2 Å². The second-order valence-electron chi connectivity index (χ2n) is 3.50. The number of esters is 1. The van der Waals surface area contributed by atoms with Crippen LogP contribution in [0.4, 0.5) is 0 Å². The summed E-state index contributed by atoms with van der Waals surface area (Å²) in [5.41, 5.74) is 0.311. The van der Waals surface area contributed by atoms with Gasteiger partial charge in [0.1, 0.15) is 0 Å². The standard InChI is InChI=1S/C10H14O4/c1-8(2)9(12)14-10(13-7-11)5-3-4-6-10/h7H,1,3-6H2,2H3. The smallest absolute Gasteiger partial charge is 0.336 e. The van der Waals surface area contributed by atoms with Crippen molar-refractivity contribution in [1.29, 1.82) is 0 Å². The van der Waals surface area contributed by atoms with E-state index in [1.165, 1.54) is 0 Å². The summed E-state index contributed by atoms with van der Waals surface area (Å²) in [4.78, 5) is 21.5. The van der Waals surface area contributed by atoms with Crippen molar-refractivity contribution < 1.29 is 19.1 Å². The zero-order valence-electron chi connectivity index (χ0n) is 8.25. The average molecular weight is 198 g/mol. The van der Waals surface area contributed by atoms with Crippen molar-refractivity contribution in [1.82, 2.24) is 0 Å². The molecule has 1 fully saturated rings. The van der Waals surface area contributed by atoms with Crippen molar-refractivity contribution in [2.24, 2.45) is 0 Å². The summed E-state index contributed by atoms with van der Waals surface area (Å²) in [7, 11) is 0. The maximum Gasteiger partial charge on any atom is 0.336 e. The Balaban J connectivity index is 2.64. The van der Waals surface area contributed by atoms with Crippen molar-refractivity contribution in [3.8, 4) is 0 Å². The molecule has 0 unspecified atom stereocenters. The molecule has 0 N–H and O–H groups in total. The molecular formula is C10H14O4. The van der Waals surface area contributed by atoms with Gasteiger partial charge in [-0.3, -0.25) is 4.79 Å². The third-order valence-corrected chi connectivity index (χ3v) is 2.26. The molecule has 1 aliphatic rings. The van der Waals surface area contributed by atoms with Gasteiger partial charge in [0, 0.05) is 18.4 Å². The molecule has 0 aromatic carbocycles. The second-order valence-corrected chi connectivity index (χ2v) is 3.50. The highest BCUT2D eigenvalue weighted by molar-refractivity contribution is 5.87. The minimum Gasteiger partial charge on any atom is -0.425 e. The lowest BCUT2D eigenvalue weighted by atomic mass is 10.2. The molecule has 1 saturated carbocycles. The first-order valence-corrected chi connectivity index (χ1v) is 4.60. The first-order chi connectivity index (χ1) is 6.59. The highest BCUT2D eigenvalue weighted by Crippen LogP contribution is 2.34. The number of ether oxygens (including phenoxy) is 2. The molecule has 0 heterocycles. The lowest BCUT2D eigenvalue weighted by Gasteiger charge is -2.26. The summed E-state index contributed by atoms with van der Waals surface area (Å²) in [6.07, 6.45) is 2.95. The van der Waals surface area contributed by atoms with E-state index in [2.05, 4.69) is 6.58 Å². The van der Waals surface area contributed by atoms with Crippen LogP contribution in [-0.4, -0.2) is 18.2 Å². The van der Waals surface area contributed by atoms with Gasteiger partial charge in [-0.2, -0.15) is 0 Å². The van der Waals surface area contributed by atoms with E-state index in [1.54, 1.807) is 6.92 Å². The summed E-state index contributed by atoms with van der Waals surface area (Å²) < 4.78 is 9.96. The second kappa shape index (κ2) is 4.26. The fourth-order valence-corrected chi connectivity index (χ4v) is 1.50. The van der Waals surface area contributed by atoms with E-state index in [9.17, 15) is 9.59 Å². The number of hydrogen-bond donors (Lipinski definition) is 0. The highest BCUT2D eigenvalue weighted by Gasteiger charge is 2.39. The largest absolute Gasteiger partial charge is 0.425 e. The van der Waals surface area contributed by atoms with Crippen LogP contribution in [0.15, 0.2) is 12.2 Å². The Bertz CT molecular complexity index is 251. The molecule has 0 aromatic heterocycles. The number of carbonyl (C=O) groups is 2. The van der Waals surface area contributed by atoms with Crippen LogP contribution in [0.5, 0.6) is 0 Å². The van der Waals surface area contributed by atoms with Crippen molar-refractivity contribution in [2.75, 3.05) is 0 Å². The van der Waals surface area contributed by atoms with Crippen LogP contribution in [0.25, 0.3) is 0 Å². The third-order valence-electron chi connectivity index (χ3n) is 2.26. The minimum absolute atomic E-state index is 0.311. The quantitative estimate of drug-likeness (QED) is 0.297. The Morgan fingerprint density at radius 2 is 2.00 bits per heavy atom. The van der Waals surface area contributed by atoms with Crippen LogP contribution in [0.2, 0.25) is 0 Å². The van der Waals surface area contributed by atoms with E-state index < -0.39 is 11.8 Å². The molecule has 0 spiro atoms. The van der Waals surface area contributed by atoms with Gasteiger partial charge >= 0.3 is 5.97 Å². The van der Waals surface area contributed by atoms with Crippen LogP contribution >= 0.6 is 0 Å². The molecule has 0 amide bonds. The lowest BCUT2D eigenvalue weighted by Crippen LogP contribution is -2.35. The van der Waals surface area contributed by atoms with Gasteiger partial charge in [-0.05, 0) is 19.8 Å². The fraction of sp³-hybridized carbons (Fsp3) is 0.600. The van der Waals surface area contributed by atoms with Crippen LogP contribution in [0.3, 0.4) is 0 Å². The molecule has 4 nitrogen and oxygen atoms in total. The summed E-state index contributed by atoms with van der Waals surface area (Å²) in [5, 5.41) is 0. The first-order valence-electron chi connectivity index (χ1n) is 4.60. The van der Waals surface area contributed by atoms with Crippen LogP contribution < -0.4 is 0 Å². The molecule has 78 valence electrons. The number of hydrogen-bond acceptors (Lipinski definition) is 4. The van der Waals surface area contributed by atoms with Crippen LogP contribution in [0.1, 0.15) is 32.6 Å². The predicted octanol–water partition coefficient (Wildman–Crippen LogP) is 1.55. The van der Waals surface area contributed by atoms with Crippen LogP contribution in [-0.2, 0) is 19.1 Å². The Morgan fingerprint density at radius 3 is 2.43 bits per heavy atom. The summed E-state index contributed by atoms with van der Waals surface area (Å²) >= 11 is 0. The Morgan fingerprint density at radius 1 is 1.43 bits per heavy atom. The average Bonchev–Trinajstić information content (AvgIpc) is 2.54. The fourth-order valence-electron chi connectivity index (χ4n) is 1.50. The Kier molecular flexibility index (Phi) is 3.28. The van der Waals surface area contributed by atoms with Gasteiger partial charge in [-0.1, -0.05) is 6.58 Å². The maximum atomic E-state index is 11.3. The summed E-state index contributed by atoms with van der Waals surface area (Å²) in [5.74, 6) is -1.54. The summed E-state index contributed by atoms with van der Waals surface area (Å²) in [6.45, 7) is 5.36. The number of rotatable bonds is 4. The van der Waals surface area contributed by atoms with Gasteiger partial charge in [-0.25, -0.2) is 4.79 Å². The van der Waals surface area contributed by atoms with Crippen molar-refractivity contribution in [3.63, 3.8) is 0 Å². The van der Waals surface area contributed by atoms with Gasteiger partial charge in [-0.15, -0.1) is 0 Å². The van der Waals surface area contributed by atoms with Gasteiger partial charge < -0.3 is 9.47 Å². The Hall–Kier alpha value is -1.32. The normalized spacial score (nSPS) is 18.6. The topological polar surface area (TPSA) is 52.6 Å². The number of carbonyl (C=O) groups excluding carboxylic acids is 2. The van der Waals surface area contributed by atoms with Gasteiger partial charge in [0.15, 0.2) is 0 Å². The van der Waals surface area contributed by atoms with E-state index in [4.69, 9.17) is 9.47 Å². The van der Waals surface area contributed by atoms with Gasteiger partial charge in [0.05, 0.1) is 0 Å². The van der Waals surface area contributed by atoms with Gasteiger partial charge in [0.2, 0.25) is 0 Å². The molecule has 0 atom stereocenters. The molecule has 0 aliphatic heterocycles.